The lowest BCUT2D eigenvalue weighted by molar-refractivity contribution is -0.131. The minimum atomic E-state index is -0.985. The van der Waals surface area contributed by atoms with Crippen molar-refractivity contribution >= 4 is 33.5 Å². The molecule has 0 amide bonds. The van der Waals surface area contributed by atoms with Crippen LogP contribution in [0.3, 0.4) is 0 Å². The van der Waals surface area contributed by atoms with Crippen LogP contribution in [0.1, 0.15) is 5.56 Å². The summed E-state index contributed by atoms with van der Waals surface area (Å²) in [6.07, 6.45) is 2.66. The Morgan fingerprint density at radius 3 is 2.85 bits per heavy atom. The van der Waals surface area contributed by atoms with Crippen LogP contribution in [-0.2, 0) is 9.53 Å². The fourth-order valence-electron chi connectivity index (χ4n) is 1.74. The average molecular weight is 294 g/mol. The van der Waals surface area contributed by atoms with Crippen LogP contribution in [0.5, 0.6) is 10.8 Å². The van der Waals surface area contributed by atoms with E-state index >= 15 is 0 Å². The quantitative estimate of drug-likeness (QED) is 0.655. The summed E-state index contributed by atoms with van der Waals surface area (Å²) in [6, 6.07) is 5.46. The number of aliphatic carboxylic acids is 1. The van der Waals surface area contributed by atoms with Crippen molar-refractivity contribution in [1.29, 1.82) is 0 Å². The lowest BCUT2D eigenvalue weighted by Gasteiger charge is -2.07. The summed E-state index contributed by atoms with van der Waals surface area (Å²) in [5.41, 5.74) is 0.806. The number of fused-ring (bicyclic) bond motifs is 1. The van der Waals surface area contributed by atoms with Gasteiger partial charge in [-0.15, -0.1) is 0 Å². The van der Waals surface area contributed by atoms with Gasteiger partial charge in [-0.1, -0.05) is 11.3 Å². The van der Waals surface area contributed by atoms with Gasteiger partial charge in [0.05, 0.1) is 7.11 Å². The van der Waals surface area contributed by atoms with Crippen LogP contribution in [0, 0.1) is 0 Å². The maximum atomic E-state index is 10.6. The molecule has 0 spiro atoms. The van der Waals surface area contributed by atoms with Crippen molar-refractivity contribution in [3.63, 3.8) is 0 Å². The number of methoxy groups -OCH3 is 2. The second kappa shape index (κ2) is 6.40. The van der Waals surface area contributed by atoms with E-state index in [1.807, 2.05) is 12.1 Å². The minimum Gasteiger partial charge on any atom is -0.487 e. The fourth-order valence-corrected chi connectivity index (χ4v) is 2.72. The second-order valence-electron chi connectivity index (χ2n) is 3.89. The van der Waals surface area contributed by atoms with Crippen molar-refractivity contribution in [3.8, 4) is 10.8 Å². The largest absolute Gasteiger partial charge is 0.487 e. The van der Waals surface area contributed by atoms with Crippen molar-refractivity contribution in [2.45, 2.75) is 0 Å². The van der Waals surface area contributed by atoms with Crippen molar-refractivity contribution < 1.29 is 24.1 Å². The van der Waals surface area contributed by atoms with Crippen molar-refractivity contribution in [2.24, 2.45) is 0 Å². The molecule has 2 aromatic rings. The smallest absolute Gasteiger partial charge is 0.328 e. The Hall–Kier alpha value is -2.05. The molecule has 0 aliphatic rings. The third kappa shape index (κ3) is 3.09. The summed E-state index contributed by atoms with van der Waals surface area (Å²) in [5.74, 6) is -0.310. The number of rotatable bonds is 6. The Morgan fingerprint density at radius 1 is 1.40 bits per heavy atom. The van der Waals surface area contributed by atoms with E-state index in [0.29, 0.717) is 5.75 Å². The van der Waals surface area contributed by atoms with Gasteiger partial charge in [0.2, 0.25) is 0 Å². The maximum absolute atomic E-state index is 10.6. The van der Waals surface area contributed by atoms with Gasteiger partial charge in [-0.2, -0.15) is 0 Å². The zero-order valence-electron chi connectivity index (χ0n) is 11.1. The summed E-state index contributed by atoms with van der Waals surface area (Å²) in [6.45, 7) is 0.150. The molecule has 0 saturated heterocycles. The van der Waals surface area contributed by atoms with E-state index in [9.17, 15) is 4.79 Å². The Bertz CT molecular complexity index is 644. The monoisotopic (exact) mass is 294 g/mol. The van der Waals surface area contributed by atoms with Gasteiger partial charge in [-0.25, -0.2) is 4.79 Å². The summed E-state index contributed by atoms with van der Waals surface area (Å²) in [5, 5.41) is 10.3. The van der Waals surface area contributed by atoms with Crippen LogP contribution in [0.2, 0.25) is 0 Å². The molecular weight excluding hydrogens is 280 g/mol. The van der Waals surface area contributed by atoms with E-state index < -0.39 is 5.97 Å². The van der Waals surface area contributed by atoms with Crippen molar-refractivity contribution in [2.75, 3.05) is 21.0 Å². The number of hydrogen-bond acceptors (Lipinski definition) is 5. The predicted octanol–water partition coefficient (Wildman–Crippen LogP) is 2.99. The minimum absolute atomic E-state index is 0.150. The van der Waals surface area contributed by atoms with Crippen LogP contribution in [0.15, 0.2) is 24.3 Å². The lowest BCUT2D eigenvalue weighted by atomic mass is 10.1. The molecule has 5 nitrogen and oxygen atoms in total. The van der Waals surface area contributed by atoms with E-state index in [1.165, 1.54) is 11.3 Å². The van der Waals surface area contributed by atoms with Crippen molar-refractivity contribution in [3.05, 3.63) is 29.8 Å². The van der Waals surface area contributed by atoms with Crippen LogP contribution >= 0.6 is 11.3 Å². The molecule has 1 aromatic heterocycles. The van der Waals surface area contributed by atoms with E-state index in [0.717, 1.165) is 26.8 Å². The highest BCUT2D eigenvalue weighted by Gasteiger charge is 2.11. The van der Waals surface area contributed by atoms with Crippen molar-refractivity contribution in [1.82, 2.24) is 0 Å². The topological polar surface area (TPSA) is 65.0 Å². The van der Waals surface area contributed by atoms with Gasteiger partial charge in [0.15, 0.2) is 11.9 Å². The summed E-state index contributed by atoms with van der Waals surface area (Å²) in [7, 11) is 3.14. The van der Waals surface area contributed by atoms with Gasteiger partial charge < -0.3 is 19.3 Å². The molecule has 0 radical (unpaired) electrons. The summed E-state index contributed by atoms with van der Waals surface area (Å²) >= 11 is 1.44. The number of carboxylic acid groups (broad SMARTS) is 1. The Labute approximate surface area is 120 Å². The molecule has 6 heteroatoms. The number of benzene rings is 1. The molecule has 1 aromatic carbocycles. The van der Waals surface area contributed by atoms with Gasteiger partial charge in [0.1, 0.15) is 5.75 Å². The van der Waals surface area contributed by atoms with Crippen LogP contribution in [0.4, 0.5) is 0 Å². The number of carbonyl (C=O) groups is 1. The zero-order valence-corrected chi connectivity index (χ0v) is 11.9. The molecular formula is C14H14O5S. The molecule has 1 heterocycles. The van der Waals surface area contributed by atoms with Crippen LogP contribution in [0.25, 0.3) is 16.2 Å². The highest BCUT2D eigenvalue weighted by atomic mass is 32.1. The molecule has 0 fully saturated rings. The summed E-state index contributed by atoms with van der Waals surface area (Å²) < 4.78 is 16.5. The van der Waals surface area contributed by atoms with E-state index in [-0.39, 0.29) is 6.79 Å². The third-order valence-electron chi connectivity index (χ3n) is 2.59. The summed E-state index contributed by atoms with van der Waals surface area (Å²) in [4.78, 5) is 10.6. The van der Waals surface area contributed by atoms with Gasteiger partial charge in [0, 0.05) is 29.3 Å². The first-order valence-electron chi connectivity index (χ1n) is 5.79. The molecule has 0 atom stereocenters. The standard InChI is InChI=1S/C14H14O5S/c1-17-8-19-11-5-3-9(4-6-12(15)16)14-10(11)7-13(18-2)20-14/h3-7H,8H2,1-2H3,(H,15,16)/b6-4-. The molecule has 20 heavy (non-hydrogen) atoms. The molecule has 0 unspecified atom stereocenters. The zero-order chi connectivity index (χ0) is 14.5. The maximum Gasteiger partial charge on any atom is 0.328 e. The van der Waals surface area contributed by atoms with Crippen LogP contribution in [-0.4, -0.2) is 32.1 Å². The van der Waals surface area contributed by atoms with Gasteiger partial charge in [0.25, 0.3) is 0 Å². The van der Waals surface area contributed by atoms with E-state index in [4.69, 9.17) is 19.3 Å². The normalized spacial score (nSPS) is 11.1. The number of ether oxygens (including phenoxy) is 3. The molecule has 1 N–H and O–H groups in total. The van der Waals surface area contributed by atoms with E-state index in [2.05, 4.69) is 0 Å². The average Bonchev–Trinajstić information content (AvgIpc) is 2.87. The highest BCUT2D eigenvalue weighted by molar-refractivity contribution is 7.21. The molecule has 0 saturated carbocycles. The third-order valence-corrected chi connectivity index (χ3v) is 3.74. The molecule has 0 aliphatic carbocycles. The number of thiophene rings is 1. The van der Waals surface area contributed by atoms with Gasteiger partial charge >= 0.3 is 5.97 Å². The lowest BCUT2D eigenvalue weighted by Crippen LogP contribution is -1.99. The molecule has 2 rings (SSSR count). The molecule has 0 bridgehead atoms. The van der Waals surface area contributed by atoms with E-state index in [1.54, 1.807) is 26.4 Å². The molecule has 0 aliphatic heterocycles. The second-order valence-corrected chi connectivity index (χ2v) is 4.90. The highest BCUT2D eigenvalue weighted by Crippen LogP contribution is 2.39. The first-order chi connectivity index (χ1) is 9.65. The van der Waals surface area contributed by atoms with Gasteiger partial charge in [-0.3, -0.25) is 0 Å². The van der Waals surface area contributed by atoms with Crippen LogP contribution < -0.4 is 9.47 Å². The Balaban J connectivity index is 2.50. The Morgan fingerprint density at radius 2 is 2.20 bits per heavy atom. The number of hydrogen-bond donors (Lipinski definition) is 1. The fraction of sp³-hybridized carbons (Fsp3) is 0.214. The number of carboxylic acids is 1. The Kier molecular flexibility index (Phi) is 4.60. The first kappa shape index (κ1) is 14.4. The predicted molar refractivity (Wildman–Crippen MR) is 77.6 cm³/mol. The van der Waals surface area contributed by atoms with Gasteiger partial charge in [-0.05, 0) is 23.8 Å². The first-order valence-corrected chi connectivity index (χ1v) is 6.60. The molecule has 106 valence electrons. The SMILES string of the molecule is COCOc1ccc(/C=C\C(=O)O)c2sc(OC)cc12.